The van der Waals surface area contributed by atoms with Crippen LogP contribution in [0.2, 0.25) is 0 Å². The highest BCUT2D eigenvalue weighted by Crippen LogP contribution is 2.31. The molecule has 0 radical (unpaired) electrons. The zero-order valence-corrected chi connectivity index (χ0v) is 12.3. The van der Waals surface area contributed by atoms with Gasteiger partial charge in [-0.05, 0) is 30.0 Å². The quantitative estimate of drug-likeness (QED) is 0.578. The lowest BCUT2D eigenvalue weighted by molar-refractivity contribution is -0.385. The molecule has 1 aromatic carbocycles. The smallest absolute Gasteiger partial charge is 0.265 e. The third-order valence-electron chi connectivity index (χ3n) is 2.92. The van der Waals surface area contributed by atoms with Crippen LogP contribution in [-0.2, 0) is 0 Å². The van der Waals surface area contributed by atoms with E-state index < -0.39 is 4.92 Å². The summed E-state index contributed by atoms with van der Waals surface area (Å²) < 4.78 is 0. The molecule has 3 aromatic rings. The van der Waals surface area contributed by atoms with Crippen LogP contribution in [0.4, 0.5) is 5.69 Å². The van der Waals surface area contributed by atoms with E-state index >= 15 is 0 Å². The summed E-state index contributed by atoms with van der Waals surface area (Å²) >= 11 is 1.09. The van der Waals surface area contributed by atoms with Crippen LogP contribution in [0.1, 0.15) is 5.56 Å². The van der Waals surface area contributed by atoms with Gasteiger partial charge in [0.2, 0.25) is 5.16 Å². The number of hydrogen-bond acceptors (Lipinski definition) is 7. The number of hydrogen-bond donors (Lipinski definition) is 1. The van der Waals surface area contributed by atoms with Crippen LogP contribution < -0.4 is 0 Å². The summed E-state index contributed by atoms with van der Waals surface area (Å²) in [5.74, 6) is 0.554. The molecule has 23 heavy (non-hydrogen) atoms. The van der Waals surface area contributed by atoms with E-state index in [1.54, 1.807) is 24.5 Å². The van der Waals surface area contributed by atoms with Gasteiger partial charge in [-0.1, -0.05) is 0 Å². The Morgan fingerprint density at radius 3 is 2.74 bits per heavy atom. The van der Waals surface area contributed by atoms with E-state index in [0.29, 0.717) is 21.4 Å². The monoisotopic (exact) mass is 324 g/mol. The van der Waals surface area contributed by atoms with E-state index in [1.165, 1.54) is 18.2 Å². The minimum Gasteiger partial charge on any atom is -0.265 e. The number of nitrogens with zero attached hydrogens (tertiary/aromatic N) is 5. The largest absolute Gasteiger partial charge is 0.270 e. The first-order valence-corrected chi connectivity index (χ1v) is 7.18. The first-order valence-electron chi connectivity index (χ1n) is 6.36. The van der Waals surface area contributed by atoms with Gasteiger partial charge in [0.25, 0.3) is 5.69 Å². The fourth-order valence-electron chi connectivity index (χ4n) is 1.83. The maximum Gasteiger partial charge on any atom is 0.270 e. The van der Waals surface area contributed by atoms with Crippen molar-refractivity contribution in [3.05, 3.63) is 58.4 Å². The van der Waals surface area contributed by atoms with Crippen LogP contribution in [0.15, 0.2) is 52.8 Å². The normalized spacial score (nSPS) is 10.2. The highest BCUT2D eigenvalue weighted by atomic mass is 32.2. The molecule has 0 unspecified atom stereocenters. The molecule has 0 bridgehead atoms. The molecule has 0 spiro atoms. The number of aromatic nitrogens is 4. The van der Waals surface area contributed by atoms with Crippen LogP contribution in [-0.4, -0.2) is 25.1 Å². The number of nitrogens with one attached hydrogen (secondary N) is 1. The minimum atomic E-state index is -0.508. The predicted octanol–water partition coefficient (Wildman–Crippen LogP) is 2.80. The fraction of sp³-hybridized carbons (Fsp3) is 0. The standard InChI is InChI=1S/C14H8N6O2S/c15-8-10-1-2-11(20(21)22)7-12(10)23-14-17-13(18-19-14)9-3-5-16-6-4-9/h1-7H,(H,17,18,19). The Kier molecular flexibility index (Phi) is 3.99. The molecule has 0 atom stereocenters. The van der Waals surface area contributed by atoms with Crippen LogP contribution in [0, 0.1) is 21.4 Å². The van der Waals surface area contributed by atoms with Gasteiger partial charge in [0.05, 0.1) is 10.5 Å². The van der Waals surface area contributed by atoms with E-state index in [4.69, 9.17) is 5.26 Å². The van der Waals surface area contributed by atoms with Crippen molar-refractivity contribution in [2.24, 2.45) is 0 Å². The second-order valence-corrected chi connectivity index (χ2v) is 5.36. The molecular weight excluding hydrogens is 316 g/mol. The summed E-state index contributed by atoms with van der Waals surface area (Å²) in [6.07, 6.45) is 3.28. The lowest BCUT2D eigenvalue weighted by Crippen LogP contribution is -1.90. The summed E-state index contributed by atoms with van der Waals surface area (Å²) in [5, 5.41) is 27.2. The number of nitro groups is 1. The van der Waals surface area contributed by atoms with Crippen molar-refractivity contribution in [2.75, 3.05) is 0 Å². The lowest BCUT2D eigenvalue weighted by atomic mass is 10.2. The molecule has 9 heteroatoms. The van der Waals surface area contributed by atoms with Gasteiger partial charge in [0, 0.05) is 35.0 Å². The third kappa shape index (κ3) is 3.17. The van der Waals surface area contributed by atoms with Gasteiger partial charge < -0.3 is 0 Å². The van der Waals surface area contributed by atoms with Crippen molar-refractivity contribution < 1.29 is 4.92 Å². The lowest BCUT2D eigenvalue weighted by Gasteiger charge is -2.00. The molecule has 0 aliphatic carbocycles. The summed E-state index contributed by atoms with van der Waals surface area (Å²) in [6, 6.07) is 9.61. The van der Waals surface area contributed by atoms with Crippen molar-refractivity contribution in [3.8, 4) is 17.5 Å². The highest BCUT2D eigenvalue weighted by Gasteiger charge is 2.14. The minimum absolute atomic E-state index is 0.0867. The number of H-pyrrole nitrogens is 1. The molecule has 1 N–H and O–H groups in total. The van der Waals surface area contributed by atoms with Gasteiger partial charge >= 0.3 is 0 Å². The number of aromatic amines is 1. The van der Waals surface area contributed by atoms with Gasteiger partial charge in [-0.3, -0.25) is 20.2 Å². The Balaban J connectivity index is 1.91. The molecule has 3 rings (SSSR count). The predicted molar refractivity (Wildman–Crippen MR) is 81.5 cm³/mol. The molecule has 0 saturated carbocycles. The first-order chi connectivity index (χ1) is 11.2. The average molecular weight is 324 g/mol. The van der Waals surface area contributed by atoms with Crippen molar-refractivity contribution in [1.82, 2.24) is 20.2 Å². The van der Waals surface area contributed by atoms with Crippen LogP contribution in [0.5, 0.6) is 0 Å². The van der Waals surface area contributed by atoms with E-state index in [9.17, 15) is 10.1 Å². The van der Waals surface area contributed by atoms with Crippen molar-refractivity contribution in [3.63, 3.8) is 0 Å². The van der Waals surface area contributed by atoms with Crippen molar-refractivity contribution in [2.45, 2.75) is 10.1 Å². The van der Waals surface area contributed by atoms with Gasteiger partial charge in [0.15, 0.2) is 5.82 Å². The molecule has 0 amide bonds. The zero-order valence-electron chi connectivity index (χ0n) is 11.5. The van der Waals surface area contributed by atoms with E-state index in [2.05, 4.69) is 20.2 Å². The summed E-state index contributed by atoms with van der Waals surface area (Å²) in [4.78, 5) is 19.0. The molecular formula is C14H8N6O2S. The van der Waals surface area contributed by atoms with E-state index in [-0.39, 0.29) is 5.69 Å². The second-order valence-electron chi connectivity index (χ2n) is 4.35. The Morgan fingerprint density at radius 1 is 1.26 bits per heavy atom. The Morgan fingerprint density at radius 2 is 2.04 bits per heavy atom. The van der Waals surface area contributed by atoms with Crippen LogP contribution in [0.25, 0.3) is 11.4 Å². The Hall–Kier alpha value is -3.25. The van der Waals surface area contributed by atoms with Crippen LogP contribution >= 0.6 is 11.8 Å². The summed E-state index contributed by atoms with van der Waals surface area (Å²) in [6.45, 7) is 0. The fourth-order valence-corrected chi connectivity index (χ4v) is 2.66. The first kappa shape index (κ1) is 14.7. The number of nitro benzene ring substituents is 1. The Bertz CT molecular complexity index is 903. The number of non-ortho nitro benzene ring substituents is 1. The maximum atomic E-state index is 10.9. The van der Waals surface area contributed by atoms with Gasteiger partial charge in [0.1, 0.15) is 6.07 Å². The van der Waals surface area contributed by atoms with Gasteiger partial charge in [-0.15, -0.1) is 5.10 Å². The SMILES string of the molecule is N#Cc1ccc([N+](=O)[O-])cc1Sc1n[nH]c(-c2ccncc2)n1. The van der Waals surface area contributed by atoms with Gasteiger partial charge in [-0.25, -0.2) is 4.98 Å². The topological polar surface area (TPSA) is 121 Å². The molecule has 0 saturated heterocycles. The van der Waals surface area contributed by atoms with Crippen LogP contribution in [0.3, 0.4) is 0 Å². The molecule has 2 aromatic heterocycles. The number of benzene rings is 1. The molecule has 8 nitrogen and oxygen atoms in total. The average Bonchev–Trinajstić information content (AvgIpc) is 3.04. The Labute approximate surface area is 134 Å². The third-order valence-corrected chi connectivity index (χ3v) is 3.84. The second kappa shape index (κ2) is 6.25. The maximum absolute atomic E-state index is 10.9. The summed E-state index contributed by atoms with van der Waals surface area (Å²) in [7, 11) is 0. The molecule has 112 valence electrons. The number of pyridine rings is 1. The van der Waals surface area contributed by atoms with Crippen molar-refractivity contribution in [1.29, 1.82) is 5.26 Å². The molecule has 0 aliphatic rings. The molecule has 0 aliphatic heterocycles. The highest BCUT2D eigenvalue weighted by molar-refractivity contribution is 7.99. The summed E-state index contributed by atoms with van der Waals surface area (Å²) in [5.41, 5.74) is 1.06. The molecule has 2 heterocycles. The number of rotatable bonds is 4. The van der Waals surface area contributed by atoms with Gasteiger partial charge in [-0.2, -0.15) is 5.26 Å². The number of nitriles is 1. The molecule has 0 fully saturated rings. The van der Waals surface area contributed by atoms with E-state index in [0.717, 1.165) is 17.3 Å². The van der Waals surface area contributed by atoms with Crippen molar-refractivity contribution >= 4 is 17.4 Å². The van der Waals surface area contributed by atoms with E-state index in [1.807, 2.05) is 6.07 Å². The zero-order chi connectivity index (χ0) is 16.2.